The smallest absolute Gasteiger partial charge is 0.123 e. The maximum Gasteiger partial charge on any atom is 0.123 e. The molecule has 280 valence electrons. The second-order valence-electron chi connectivity index (χ2n) is 14.7. The van der Waals surface area contributed by atoms with Gasteiger partial charge in [0.2, 0.25) is 0 Å². The number of nitrogens with zero attached hydrogens (tertiary/aromatic N) is 2. The van der Waals surface area contributed by atoms with Crippen molar-refractivity contribution in [2.24, 2.45) is 0 Å². The van der Waals surface area contributed by atoms with Crippen molar-refractivity contribution >= 4 is 50.0 Å². The third kappa shape index (κ3) is 6.90. The molecule has 59 heavy (non-hydrogen) atoms. The standard InChI is InChI=1S/C56H39FN2/c57-46-30-34-49(35-31-46)59-53-27-14-13-26-51(53)52-39-50(36-37-54(52)59)58(47-24-11-4-12-25-47)48-32-28-40(29-33-48)44-22-15-23-45(38-44)56(43-20-9-3-10-21-43)55(41-16-5-1-6-17-41)42-18-7-2-8-19-42/h1-39H. The maximum absolute atomic E-state index is 14.0. The van der Waals surface area contributed by atoms with Crippen LogP contribution in [0.2, 0.25) is 0 Å². The van der Waals surface area contributed by atoms with Crippen molar-refractivity contribution in [1.29, 1.82) is 0 Å². The Hall–Kier alpha value is -7.75. The van der Waals surface area contributed by atoms with Gasteiger partial charge in [0.25, 0.3) is 0 Å². The largest absolute Gasteiger partial charge is 0.310 e. The minimum Gasteiger partial charge on any atom is -0.310 e. The molecule has 0 spiro atoms. The summed E-state index contributed by atoms with van der Waals surface area (Å²) in [5.41, 5.74) is 15.6. The summed E-state index contributed by atoms with van der Waals surface area (Å²) >= 11 is 0. The average Bonchev–Trinajstić information content (AvgIpc) is 3.64. The molecule has 0 radical (unpaired) electrons. The molecule has 0 saturated heterocycles. The van der Waals surface area contributed by atoms with E-state index in [1.54, 1.807) is 0 Å². The zero-order chi connectivity index (χ0) is 39.5. The predicted octanol–water partition coefficient (Wildman–Crippen LogP) is 15.1. The van der Waals surface area contributed by atoms with Gasteiger partial charge in [-0.15, -0.1) is 0 Å². The average molecular weight is 759 g/mol. The Morgan fingerprint density at radius 2 is 0.831 bits per heavy atom. The van der Waals surface area contributed by atoms with Crippen LogP contribution in [0, 0.1) is 5.82 Å². The fourth-order valence-electron chi connectivity index (χ4n) is 8.37. The monoisotopic (exact) mass is 758 g/mol. The number of anilines is 3. The van der Waals surface area contributed by atoms with Gasteiger partial charge < -0.3 is 9.47 Å². The summed E-state index contributed by atoms with van der Waals surface area (Å²) in [5.74, 6) is -0.247. The van der Waals surface area contributed by atoms with Crippen LogP contribution in [-0.4, -0.2) is 4.57 Å². The molecular formula is C56H39FN2. The third-order valence-corrected chi connectivity index (χ3v) is 11.1. The number of halogens is 1. The number of fused-ring (bicyclic) bond motifs is 3. The van der Waals surface area contributed by atoms with Crippen LogP contribution in [0.15, 0.2) is 237 Å². The van der Waals surface area contributed by atoms with Crippen molar-refractivity contribution < 1.29 is 4.39 Å². The van der Waals surface area contributed by atoms with E-state index in [-0.39, 0.29) is 5.82 Å². The molecule has 2 nitrogen and oxygen atoms in total. The fourth-order valence-corrected chi connectivity index (χ4v) is 8.37. The van der Waals surface area contributed by atoms with Crippen molar-refractivity contribution in [3.05, 3.63) is 265 Å². The summed E-state index contributed by atoms with van der Waals surface area (Å²) in [5, 5.41) is 2.27. The second-order valence-corrected chi connectivity index (χ2v) is 14.7. The van der Waals surface area contributed by atoms with Crippen molar-refractivity contribution in [3.8, 4) is 16.8 Å². The summed E-state index contributed by atoms with van der Waals surface area (Å²) in [6.45, 7) is 0. The molecule has 0 aliphatic rings. The Kier molecular flexibility index (Phi) is 9.46. The minimum absolute atomic E-state index is 0.247. The van der Waals surface area contributed by atoms with Gasteiger partial charge in [-0.25, -0.2) is 4.39 Å². The van der Waals surface area contributed by atoms with Crippen LogP contribution in [-0.2, 0) is 0 Å². The summed E-state index contributed by atoms with van der Waals surface area (Å²) in [6.07, 6.45) is 0. The van der Waals surface area contributed by atoms with Gasteiger partial charge >= 0.3 is 0 Å². The first-order chi connectivity index (χ1) is 29.2. The van der Waals surface area contributed by atoms with Gasteiger partial charge in [-0.1, -0.05) is 158 Å². The lowest BCUT2D eigenvalue weighted by Crippen LogP contribution is -2.09. The van der Waals surface area contributed by atoms with Crippen LogP contribution in [0.25, 0.3) is 49.8 Å². The molecule has 0 saturated carbocycles. The Balaban J connectivity index is 1.08. The molecule has 0 aliphatic heterocycles. The van der Waals surface area contributed by atoms with Crippen LogP contribution in [0.1, 0.15) is 22.3 Å². The Morgan fingerprint density at radius 3 is 1.46 bits per heavy atom. The van der Waals surface area contributed by atoms with Crippen molar-refractivity contribution in [2.75, 3.05) is 4.90 Å². The van der Waals surface area contributed by atoms with Gasteiger partial charge in [-0.2, -0.15) is 0 Å². The van der Waals surface area contributed by atoms with E-state index in [4.69, 9.17) is 0 Å². The number of aromatic nitrogens is 1. The van der Waals surface area contributed by atoms with Crippen LogP contribution in [0.3, 0.4) is 0 Å². The molecule has 0 amide bonds. The van der Waals surface area contributed by atoms with Crippen molar-refractivity contribution in [3.63, 3.8) is 0 Å². The Labute approximate surface area is 344 Å². The highest BCUT2D eigenvalue weighted by molar-refractivity contribution is 6.11. The summed E-state index contributed by atoms with van der Waals surface area (Å²) in [7, 11) is 0. The van der Waals surface area contributed by atoms with Crippen LogP contribution in [0.4, 0.5) is 21.5 Å². The number of para-hydroxylation sites is 2. The lowest BCUT2D eigenvalue weighted by Gasteiger charge is -2.26. The quantitative estimate of drug-likeness (QED) is 0.133. The van der Waals surface area contributed by atoms with E-state index in [9.17, 15) is 4.39 Å². The molecule has 10 rings (SSSR count). The number of rotatable bonds is 9. The van der Waals surface area contributed by atoms with Crippen LogP contribution in [0.5, 0.6) is 0 Å². The first kappa shape index (κ1) is 35.6. The molecule has 10 aromatic rings. The summed E-state index contributed by atoms with van der Waals surface area (Å²) in [4.78, 5) is 2.31. The van der Waals surface area contributed by atoms with Crippen LogP contribution >= 0.6 is 0 Å². The summed E-state index contributed by atoms with van der Waals surface area (Å²) < 4.78 is 16.2. The minimum atomic E-state index is -0.247. The van der Waals surface area contributed by atoms with E-state index in [1.807, 2.05) is 12.1 Å². The van der Waals surface area contributed by atoms with Gasteiger partial charge in [0.15, 0.2) is 0 Å². The fraction of sp³-hybridized carbons (Fsp3) is 0. The lowest BCUT2D eigenvalue weighted by molar-refractivity contribution is 0.627. The lowest BCUT2D eigenvalue weighted by atomic mass is 9.85. The van der Waals surface area contributed by atoms with Gasteiger partial charge in [-0.05, 0) is 123 Å². The first-order valence-corrected chi connectivity index (χ1v) is 20.0. The van der Waals surface area contributed by atoms with Gasteiger partial charge in [0.1, 0.15) is 5.82 Å². The van der Waals surface area contributed by atoms with E-state index in [0.29, 0.717) is 0 Å². The van der Waals surface area contributed by atoms with Gasteiger partial charge in [0.05, 0.1) is 11.0 Å². The van der Waals surface area contributed by atoms with E-state index >= 15 is 0 Å². The molecule has 0 N–H and O–H groups in total. The number of hydrogen-bond acceptors (Lipinski definition) is 1. The van der Waals surface area contributed by atoms with E-state index in [0.717, 1.165) is 61.2 Å². The molecule has 1 aromatic heterocycles. The highest BCUT2D eigenvalue weighted by atomic mass is 19.1. The molecule has 0 bridgehead atoms. The molecular weight excluding hydrogens is 720 g/mol. The normalized spacial score (nSPS) is 11.1. The molecule has 0 unspecified atom stereocenters. The molecule has 9 aromatic carbocycles. The summed E-state index contributed by atoms with van der Waals surface area (Å²) in [6, 6.07) is 82.2. The zero-order valence-corrected chi connectivity index (χ0v) is 32.3. The number of benzene rings is 9. The van der Waals surface area contributed by atoms with E-state index in [2.05, 4.69) is 222 Å². The molecule has 0 atom stereocenters. The highest BCUT2D eigenvalue weighted by Crippen LogP contribution is 2.41. The van der Waals surface area contributed by atoms with E-state index in [1.165, 1.54) is 40.0 Å². The molecule has 1 heterocycles. The predicted molar refractivity (Wildman–Crippen MR) is 245 cm³/mol. The maximum atomic E-state index is 14.0. The second kappa shape index (κ2) is 15.7. The SMILES string of the molecule is Fc1ccc(-n2c3ccccc3c3cc(N(c4ccccc4)c4ccc(-c5cccc(C(=C(c6ccccc6)c6ccccc6)c6ccccc6)c5)cc4)ccc32)cc1. The molecule has 0 fully saturated rings. The first-order valence-electron chi connectivity index (χ1n) is 20.0. The van der Waals surface area contributed by atoms with Gasteiger partial charge in [-0.3, -0.25) is 0 Å². The number of hydrogen-bond donors (Lipinski definition) is 0. The Morgan fingerprint density at radius 1 is 0.339 bits per heavy atom. The van der Waals surface area contributed by atoms with Crippen molar-refractivity contribution in [1.82, 2.24) is 4.57 Å². The zero-order valence-electron chi connectivity index (χ0n) is 32.3. The van der Waals surface area contributed by atoms with Crippen molar-refractivity contribution in [2.45, 2.75) is 0 Å². The molecule has 3 heteroatoms. The highest BCUT2D eigenvalue weighted by Gasteiger charge is 2.19. The van der Waals surface area contributed by atoms with Crippen LogP contribution < -0.4 is 4.90 Å². The van der Waals surface area contributed by atoms with E-state index < -0.39 is 0 Å². The molecule has 0 aliphatic carbocycles. The van der Waals surface area contributed by atoms with Gasteiger partial charge in [0, 0.05) is 33.5 Å². The topological polar surface area (TPSA) is 8.17 Å². The Bertz CT molecular complexity index is 3020. The third-order valence-electron chi connectivity index (χ3n) is 11.1.